The van der Waals surface area contributed by atoms with Crippen LogP contribution in [0.3, 0.4) is 0 Å². The molecule has 1 aliphatic heterocycles. The lowest BCUT2D eigenvalue weighted by Gasteiger charge is -2.11. The first kappa shape index (κ1) is 12.9. The largest absolute Gasteiger partial charge is 0.497 e. The van der Waals surface area contributed by atoms with E-state index in [0.29, 0.717) is 0 Å². The number of methoxy groups -OCH3 is 2. The van der Waals surface area contributed by atoms with E-state index in [2.05, 4.69) is 18.2 Å². The molecule has 0 amide bonds. The first-order valence-electron chi connectivity index (χ1n) is 6.75. The van der Waals surface area contributed by atoms with Gasteiger partial charge in [-0.05, 0) is 29.3 Å². The smallest absolute Gasteiger partial charge is 0.126 e. The summed E-state index contributed by atoms with van der Waals surface area (Å²) in [4.78, 5) is 0. The Balaban J connectivity index is 1.68. The Labute approximate surface area is 119 Å². The van der Waals surface area contributed by atoms with E-state index in [0.717, 1.165) is 30.1 Å². The highest BCUT2D eigenvalue weighted by atomic mass is 16.5. The second kappa shape index (κ2) is 5.45. The summed E-state index contributed by atoms with van der Waals surface area (Å²) < 4.78 is 16.4. The molecule has 0 aromatic heterocycles. The van der Waals surface area contributed by atoms with Gasteiger partial charge in [0.1, 0.15) is 23.4 Å². The zero-order chi connectivity index (χ0) is 13.9. The number of hydrogen-bond donors (Lipinski definition) is 0. The van der Waals surface area contributed by atoms with Crippen LogP contribution in [0.15, 0.2) is 42.5 Å². The quantitative estimate of drug-likeness (QED) is 0.853. The summed E-state index contributed by atoms with van der Waals surface area (Å²) in [5.41, 5.74) is 2.51. The summed E-state index contributed by atoms with van der Waals surface area (Å²) in [6.07, 6.45) is 2.05. The van der Waals surface area contributed by atoms with Gasteiger partial charge in [-0.3, -0.25) is 0 Å². The van der Waals surface area contributed by atoms with Crippen LogP contribution >= 0.6 is 0 Å². The SMILES string of the molecule is COc1ccc(CC2Cc3ccc(OC)cc3O2)cc1. The van der Waals surface area contributed by atoms with Crippen LogP contribution < -0.4 is 14.2 Å². The van der Waals surface area contributed by atoms with Crippen LogP contribution in [-0.4, -0.2) is 20.3 Å². The van der Waals surface area contributed by atoms with Crippen LogP contribution in [0.4, 0.5) is 0 Å². The van der Waals surface area contributed by atoms with Gasteiger partial charge >= 0.3 is 0 Å². The molecule has 3 nitrogen and oxygen atoms in total. The molecule has 2 aromatic rings. The van der Waals surface area contributed by atoms with Crippen molar-refractivity contribution in [2.45, 2.75) is 18.9 Å². The Hall–Kier alpha value is -2.16. The van der Waals surface area contributed by atoms with Crippen LogP contribution in [0.2, 0.25) is 0 Å². The van der Waals surface area contributed by atoms with E-state index in [1.807, 2.05) is 24.3 Å². The van der Waals surface area contributed by atoms with Crippen LogP contribution in [0.1, 0.15) is 11.1 Å². The lowest BCUT2D eigenvalue weighted by molar-refractivity contribution is 0.232. The molecule has 1 aliphatic rings. The van der Waals surface area contributed by atoms with Gasteiger partial charge < -0.3 is 14.2 Å². The molecular weight excluding hydrogens is 252 g/mol. The van der Waals surface area contributed by atoms with Crippen LogP contribution in [0, 0.1) is 0 Å². The van der Waals surface area contributed by atoms with Crippen molar-refractivity contribution in [3.05, 3.63) is 53.6 Å². The maximum absolute atomic E-state index is 6.00. The molecule has 0 saturated heterocycles. The molecule has 1 atom stereocenters. The number of hydrogen-bond acceptors (Lipinski definition) is 3. The fourth-order valence-electron chi connectivity index (χ4n) is 2.55. The van der Waals surface area contributed by atoms with E-state index in [9.17, 15) is 0 Å². The molecule has 104 valence electrons. The van der Waals surface area contributed by atoms with Gasteiger partial charge in [0.2, 0.25) is 0 Å². The van der Waals surface area contributed by atoms with E-state index in [1.54, 1.807) is 14.2 Å². The summed E-state index contributed by atoms with van der Waals surface area (Å²) >= 11 is 0. The van der Waals surface area contributed by atoms with E-state index in [4.69, 9.17) is 14.2 Å². The van der Waals surface area contributed by atoms with Crippen molar-refractivity contribution in [1.29, 1.82) is 0 Å². The topological polar surface area (TPSA) is 27.7 Å². The summed E-state index contributed by atoms with van der Waals surface area (Å²) in [5, 5.41) is 0. The molecule has 1 heterocycles. The number of ether oxygens (including phenoxy) is 3. The summed E-state index contributed by atoms with van der Waals surface area (Å²) in [5.74, 6) is 2.67. The van der Waals surface area contributed by atoms with E-state index >= 15 is 0 Å². The normalized spacial score (nSPS) is 16.4. The van der Waals surface area contributed by atoms with Crippen molar-refractivity contribution in [3.8, 4) is 17.2 Å². The molecular formula is C17H18O3. The first-order chi connectivity index (χ1) is 9.78. The maximum Gasteiger partial charge on any atom is 0.126 e. The molecule has 1 unspecified atom stereocenters. The third-order valence-corrected chi connectivity index (χ3v) is 3.64. The minimum absolute atomic E-state index is 0.200. The van der Waals surface area contributed by atoms with Crippen molar-refractivity contribution >= 4 is 0 Å². The van der Waals surface area contributed by atoms with Gasteiger partial charge in [-0.15, -0.1) is 0 Å². The number of rotatable bonds is 4. The summed E-state index contributed by atoms with van der Waals surface area (Å²) in [7, 11) is 3.35. The highest BCUT2D eigenvalue weighted by molar-refractivity contribution is 5.44. The fourth-order valence-corrected chi connectivity index (χ4v) is 2.55. The zero-order valence-corrected chi connectivity index (χ0v) is 11.8. The minimum atomic E-state index is 0.200. The van der Waals surface area contributed by atoms with Crippen LogP contribution in [-0.2, 0) is 12.8 Å². The van der Waals surface area contributed by atoms with Crippen molar-refractivity contribution < 1.29 is 14.2 Å². The van der Waals surface area contributed by atoms with Gasteiger partial charge in [-0.2, -0.15) is 0 Å². The maximum atomic E-state index is 6.00. The van der Waals surface area contributed by atoms with Crippen molar-refractivity contribution in [2.75, 3.05) is 14.2 Å². The second-order valence-electron chi connectivity index (χ2n) is 4.97. The predicted octanol–water partition coefficient (Wildman–Crippen LogP) is 3.25. The first-order valence-corrected chi connectivity index (χ1v) is 6.75. The van der Waals surface area contributed by atoms with Crippen LogP contribution in [0.5, 0.6) is 17.2 Å². The van der Waals surface area contributed by atoms with E-state index < -0.39 is 0 Å². The standard InChI is InChI=1S/C17H18O3/c1-18-14-6-3-12(4-7-14)9-16-10-13-5-8-15(19-2)11-17(13)20-16/h3-8,11,16H,9-10H2,1-2H3. The molecule has 0 aliphatic carbocycles. The average molecular weight is 270 g/mol. The lowest BCUT2D eigenvalue weighted by atomic mass is 10.0. The summed E-state index contributed by atoms with van der Waals surface area (Å²) in [6, 6.07) is 14.2. The summed E-state index contributed by atoms with van der Waals surface area (Å²) in [6.45, 7) is 0. The second-order valence-corrected chi connectivity index (χ2v) is 4.97. The minimum Gasteiger partial charge on any atom is -0.497 e. The Morgan fingerprint density at radius 1 is 1.00 bits per heavy atom. The van der Waals surface area contributed by atoms with Crippen molar-refractivity contribution in [1.82, 2.24) is 0 Å². The van der Waals surface area contributed by atoms with Gasteiger partial charge in [-0.1, -0.05) is 18.2 Å². The monoisotopic (exact) mass is 270 g/mol. The molecule has 20 heavy (non-hydrogen) atoms. The van der Waals surface area contributed by atoms with Gasteiger partial charge in [0.05, 0.1) is 14.2 Å². The Bertz CT molecular complexity index is 590. The lowest BCUT2D eigenvalue weighted by Crippen LogP contribution is -2.16. The molecule has 3 rings (SSSR count). The molecule has 0 bridgehead atoms. The van der Waals surface area contributed by atoms with Crippen molar-refractivity contribution in [2.24, 2.45) is 0 Å². The molecule has 0 fully saturated rings. The van der Waals surface area contributed by atoms with Gasteiger partial charge in [0.25, 0.3) is 0 Å². The molecule has 0 saturated carbocycles. The number of benzene rings is 2. The van der Waals surface area contributed by atoms with Crippen LogP contribution in [0.25, 0.3) is 0 Å². The fraction of sp³-hybridized carbons (Fsp3) is 0.294. The zero-order valence-electron chi connectivity index (χ0n) is 11.8. The predicted molar refractivity (Wildman–Crippen MR) is 77.8 cm³/mol. The molecule has 3 heteroatoms. The van der Waals surface area contributed by atoms with Gasteiger partial charge in [0.15, 0.2) is 0 Å². The molecule has 0 radical (unpaired) electrons. The third kappa shape index (κ3) is 2.57. The Morgan fingerprint density at radius 2 is 1.70 bits per heavy atom. The van der Waals surface area contributed by atoms with E-state index in [-0.39, 0.29) is 6.10 Å². The Kier molecular flexibility index (Phi) is 3.50. The third-order valence-electron chi connectivity index (χ3n) is 3.64. The highest BCUT2D eigenvalue weighted by Crippen LogP contribution is 2.33. The Morgan fingerprint density at radius 3 is 2.40 bits per heavy atom. The molecule has 2 aromatic carbocycles. The average Bonchev–Trinajstić information content (AvgIpc) is 2.89. The van der Waals surface area contributed by atoms with Gasteiger partial charge in [-0.25, -0.2) is 0 Å². The molecule has 0 N–H and O–H groups in total. The molecule has 0 spiro atoms. The van der Waals surface area contributed by atoms with Crippen molar-refractivity contribution in [3.63, 3.8) is 0 Å². The van der Waals surface area contributed by atoms with Gasteiger partial charge in [0, 0.05) is 18.9 Å². The number of fused-ring (bicyclic) bond motifs is 1. The van der Waals surface area contributed by atoms with E-state index in [1.165, 1.54) is 11.1 Å². The highest BCUT2D eigenvalue weighted by Gasteiger charge is 2.23.